The van der Waals surface area contributed by atoms with E-state index in [1.807, 2.05) is 10.6 Å². The van der Waals surface area contributed by atoms with E-state index in [0.717, 1.165) is 32.8 Å². The third-order valence-electron chi connectivity index (χ3n) is 4.42. The summed E-state index contributed by atoms with van der Waals surface area (Å²) in [6.45, 7) is 5.11. The molecule has 0 aromatic carbocycles. The third-order valence-corrected chi connectivity index (χ3v) is 4.42. The van der Waals surface area contributed by atoms with Gasteiger partial charge in [0.25, 0.3) is 5.56 Å². The number of pyridine rings is 1. The average Bonchev–Trinajstić information content (AvgIpc) is 3.14. The lowest BCUT2D eigenvalue weighted by Gasteiger charge is -2.42. The largest absolute Gasteiger partial charge is 0.372 e. The van der Waals surface area contributed by atoms with E-state index in [1.54, 1.807) is 6.07 Å². The standard InChI is InChI=1S/C14H18N2O2/c17-14-3-1-2-13-11-4-10(6-16(13)14)5-15(7-11)8-12-9-18-12/h1-3,10-12H,4-9H2/t10-,11+,12?/m1/s1. The summed E-state index contributed by atoms with van der Waals surface area (Å²) in [7, 11) is 0. The van der Waals surface area contributed by atoms with Gasteiger partial charge in [0.2, 0.25) is 0 Å². The third kappa shape index (κ3) is 1.80. The second-order valence-electron chi connectivity index (χ2n) is 5.87. The summed E-state index contributed by atoms with van der Waals surface area (Å²) < 4.78 is 7.31. The van der Waals surface area contributed by atoms with Crippen molar-refractivity contribution in [3.05, 3.63) is 34.2 Å². The Kier molecular flexibility index (Phi) is 2.35. The van der Waals surface area contributed by atoms with E-state index in [1.165, 1.54) is 12.1 Å². The van der Waals surface area contributed by atoms with Crippen molar-refractivity contribution in [2.24, 2.45) is 5.92 Å². The van der Waals surface area contributed by atoms with Crippen molar-refractivity contribution in [2.45, 2.75) is 25.0 Å². The molecule has 2 fully saturated rings. The van der Waals surface area contributed by atoms with E-state index in [2.05, 4.69) is 11.0 Å². The first kappa shape index (κ1) is 10.8. The molecule has 3 aliphatic rings. The van der Waals surface area contributed by atoms with Gasteiger partial charge in [0.05, 0.1) is 12.7 Å². The predicted octanol–water partition coefficient (Wildman–Crippen LogP) is 0.666. The first-order valence-corrected chi connectivity index (χ1v) is 6.83. The summed E-state index contributed by atoms with van der Waals surface area (Å²) >= 11 is 0. The molecule has 0 spiro atoms. The van der Waals surface area contributed by atoms with Crippen molar-refractivity contribution in [1.29, 1.82) is 0 Å². The van der Waals surface area contributed by atoms with Gasteiger partial charge in [-0.15, -0.1) is 0 Å². The van der Waals surface area contributed by atoms with E-state index in [9.17, 15) is 4.79 Å². The second kappa shape index (κ2) is 3.93. The van der Waals surface area contributed by atoms with Gasteiger partial charge in [-0.2, -0.15) is 0 Å². The van der Waals surface area contributed by atoms with Gasteiger partial charge in [-0.3, -0.25) is 9.69 Å². The summed E-state index contributed by atoms with van der Waals surface area (Å²) in [5, 5.41) is 0. The second-order valence-corrected chi connectivity index (χ2v) is 5.87. The molecule has 2 bridgehead atoms. The quantitative estimate of drug-likeness (QED) is 0.720. The SMILES string of the molecule is O=c1cccc2n1C[C@@H]1C[C@H]2CN(CC2CO2)C1. The van der Waals surface area contributed by atoms with Gasteiger partial charge in [0.15, 0.2) is 0 Å². The molecule has 1 aromatic heterocycles. The molecule has 1 unspecified atom stereocenters. The van der Waals surface area contributed by atoms with Crippen LogP contribution in [-0.2, 0) is 11.3 Å². The van der Waals surface area contributed by atoms with Gasteiger partial charge < -0.3 is 9.30 Å². The maximum absolute atomic E-state index is 11.9. The van der Waals surface area contributed by atoms with Crippen LogP contribution >= 0.6 is 0 Å². The Hall–Kier alpha value is -1.13. The van der Waals surface area contributed by atoms with Crippen LogP contribution in [0, 0.1) is 5.92 Å². The van der Waals surface area contributed by atoms with Gasteiger partial charge >= 0.3 is 0 Å². The lowest BCUT2D eigenvalue weighted by atomic mass is 9.83. The van der Waals surface area contributed by atoms with Crippen LogP contribution in [0.3, 0.4) is 0 Å². The number of rotatable bonds is 2. The fourth-order valence-electron chi connectivity index (χ4n) is 3.61. The highest BCUT2D eigenvalue weighted by Gasteiger charge is 2.36. The Morgan fingerprint density at radius 2 is 2.17 bits per heavy atom. The molecule has 3 atom stereocenters. The number of piperidine rings is 1. The molecule has 1 aromatic rings. The number of ether oxygens (including phenoxy) is 1. The Balaban J connectivity index is 1.63. The number of aromatic nitrogens is 1. The van der Waals surface area contributed by atoms with Crippen LogP contribution in [0.4, 0.5) is 0 Å². The maximum Gasteiger partial charge on any atom is 0.250 e. The Bertz CT molecular complexity index is 521. The highest BCUT2D eigenvalue weighted by molar-refractivity contribution is 5.17. The van der Waals surface area contributed by atoms with Gasteiger partial charge in [-0.05, 0) is 18.4 Å². The fourth-order valence-corrected chi connectivity index (χ4v) is 3.61. The molecule has 96 valence electrons. The minimum atomic E-state index is 0.168. The Labute approximate surface area is 106 Å². The van der Waals surface area contributed by atoms with Crippen LogP contribution in [-0.4, -0.2) is 41.8 Å². The molecule has 0 N–H and O–H groups in total. The molecule has 4 heterocycles. The lowest BCUT2D eigenvalue weighted by Crippen LogP contribution is -2.47. The molecule has 4 rings (SSSR count). The molecule has 0 aliphatic carbocycles. The highest BCUT2D eigenvalue weighted by atomic mass is 16.6. The molecule has 0 saturated carbocycles. The van der Waals surface area contributed by atoms with Gasteiger partial charge in [0.1, 0.15) is 0 Å². The summed E-state index contributed by atoms with van der Waals surface area (Å²) in [5.74, 6) is 1.17. The molecule has 4 heteroatoms. The molecular formula is C14H18N2O2. The van der Waals surface area contributed by atoms with Gasteiger partial charge in [0, 0.05) is 43.9 Å². The van der Waals surface area contributed by atoms with E-state index in [0.29, 0.717) is 17.9 Å². The molecule has 0 radical (unpaired) electrons. The minimum absolute atomic E-state index is 0.168. The van der Waals surface area contributed by atoms with Crippen LogP contribution in [0.5, 0.6) is 0 Å². The number of fused-ring (bicyclic) bond motifs is 4. The molecule has 2 saturated heterocycles. The number of likely N-dealkylation sites (tertiary alicyclic amines) is 1. The number of hydrogen-bond donors (Lipinski definition) is 0. The monoisotopic (exact) mass is 246 g/mol. The Morgan fingerprint density at radius 3 is 3.00 bits per heavy atom. The number of epoxide rings is 1. The molecular weight excluding hydrogens is 228 g/mol. The summed E-state index contributed by atoms with van der Waals surface area (Å²) in [5.41, 5.74) is 1.40. The smallest absolute Gasteiger partial charge is 0.250 e. The van der Waals surface area contributed by atoms with Crippen molar-refractivity contribution in [3.8, 4) is 0 Å². The average molecular weight is 246 g/mol. The van der Waals surface area contributed by atoms with Crippen molar-refractivity contribution in [2.75, 3.05) is 26.2 Å². The normalized spacial score (nSPS) is 34.1. The Morgan fingerprint density at radius 1 is 1.28 bits per heavy atom. The lowest BCUT2D eigenvalue weighted by molar-refractivity contribution is 0.112. The van der Waals surface area contributed by atoms with Crippen molar-refractivity contribution < 1.29 is 4.74 Å². The van der Waals surface area contributed by atoms with Crippen LogP contribution in [0.15, 0.2) is 23.0 Å². The minimum Gasteiger partial charge on any atom is -0.372 e. The van der Waals surface area contributed by atoms with Gasteiger partial charge in [-0.25, -0.2) is 0 Å². The van der Waals surface area contributed by atoms with E-state index >= 15 is 0 Å². The maximum atomic E-state index is 11.9. The molecule has 3 aliphatic heterocycles. The topological polar surface area (TPSA) is 37.8 Å². The zero-order chi connectivity index (χ0) is 12.1. The first-order valence-electron chi connectivity index (χ1n) is 6.83. The summed E-state index contributed by atoms with van der Waals surface area (Å²) in [6, 6.07) is 5.71. The van der Waals surface area contributed by atoms with E-state index < -0.39 is 0 Å². The number of hydrogen-bond acceptors (Lipinski definition) is 3. The van der Waals surface area contributed by atoms with E-state index in [4.69, 9.17) is 4.74 Å². The predicted molar refractivity (Wildman–Crippen MR) is 67.7 cm³/mol. The van der Waals surface area contributed by atoms with Gasteiger partial charge in [-0.1, -0.05) is 6.07 Å². The number of nitrogens with zero attached hydrogens (tertiary/aromatic N) is 2. The fraction of sp³-hybridized carbons (Fsp3) is 0.643. The van der Waals surface area contributed by atoms with Crippen LogP contribution in [0.25, 0.3) is 0 Å². The zero-order valence-electron chi connectivity index (χ0n) is 10.4. The van der Waals surface area contributed by atoms with Crippen LogP contribution in [0.1, 0.15) is 18.0 Å². The first-order chi connectivity index (χ1) is 8.79. The van der Waals surface area contributed by atoms with Crippen molar-refractivity contribution in [3.63, 3.8) is 0 Å². The van der Waals surface area contributed by atoms with Crippen LogP contribution < -0.4 is 5.56 Å². The van der Waals surface area contributed by atoms with Crippen molar-refractivity contribution >= 4 is 0 Å². The highest BCUT2D eigenvalue weighted by Crippen LogP contribution is 2.35. The van der Waals surface area contributed by atoms with Crippen molar-refractivity contribution in [1.82, 2.24) is 9.47 Å². The summed E-state index contributed by atoms with van der Waals surface area (Å²) in [6.07, 6.45) is 1.72. The van der Waals surface area contributed by atoms with E-state index in [-0.39, 0.29) is 5.56 Å². The molecule has 18 heavy (non-hydrogen) atoms. The molecule has 0 amide bonds. The zero-order valence-corrected chi connectivity index (χ0v) is 10.4. The van der Waals surface area contributed by atoms with Crippen LogP contribution in [0.2, 0.25) is 0 Å². The molecule has 4 nitrogen and oxygen atoms in total. The summed E-state index contributed by atoms with van der Waals surface area (Å²) in [4.78, 5) is 14.4.